The topological polar surface area (TPSA) is 58.6 Å². The number of amides is 2. The zero-order valence-corrected chi connectivity index (χ0v) is 20.1. The van der Waals surface area contributed by atoms with Crippen LogP contribution in [0.5, 0.6) is 5.75 Å². The number of carbonyl (C=O) groups is 2. The quantitative estimate of drug-likeness (QED) is 0.449. The van der Waals surface area contributed by atoms with Gasteiger partial charge in [-0.2, -0.15) is 0 Å². The fourth-order valence-electron chi connectivity index (χ4n) is 3.38. The number of methoxy groups -OCH3 is 1. The van der Waals surface area contributed by atoms with Gasteiger partial charge in [0.2, 0.25) is 11.8 Å². The highest BCUT2D eigenvalue weighted by Gasteiger charge is 2.26. The fourth-order valence-corrected chi connectivity index (χ4v) is 3.85. The van der Waals surface area contributed by atoms with E-state index >= 15 is 0 Å². The highest BCUT2D eigenvalue weighted by Crippen LogP contribution is 2.21. The summed E-state index contributed by atoms with van der Waals surface area (Å²) < 4.78 is 5.21. The smallest absolute Gasteiger partial charge is 0.242 e. The molecule has 0 aliphatic rings. The first-order chi connectivity index (χ1) is 15.9. The van der Waals surface area contributed by atoms with Crippen molar-refractivity contribution in [3.8, 4) is 5.75 Å². The van der Waals surface area contributed by atoms with E-state index < -0.39 is 6.04 Å². The molecule has 0 aliphatic carbocycles. The third-order valence-electron chi connectivity index (χ3n) is 5.35. The molecular formula is C26H26Cl2N2O3. The Morgan fingerprint density at radius 1 is 0.970 bits per heavy atom. The summed E-state index contributed by atoms with van der Waals surface area (Å²) in [7, 11) is 1.60. The highest BCUT2D eigenvalue weighted by molar-refractivity contribution is 6.35. The first-order valence-electron chi connectivity index (χ1n) is 10.6. The van der Waals surface area contributed by atoms with Crippen LogP contribution in [0.25, 0.3) is 0 Å². The summed E-state index contributed by atoms with van der Waals surface area (Å²) in [5.41, 5.74) is 2.54. The third kappa shape index (κ3) is 6.98. The molecule has 0 bridgehead atoms. The maximum atomic E-state index is 13.2. The summed E-state index contributed by atoms with van der Waals surface area (Å²) in [5.74, 6) is 0.326. The van der Waals surface area contributed by atoms with Gasteiger partial charge in [0, 0.05) is 23.1 Å². The van der Waals surface area contributed by atoms with Gasteiger partial charge in [0.05, 0.1) is 13.5 Å². The number of nitrogens with one attached hydrogen (secondary N) is 1. The molecule has 3 rings (SSSR count). The number of hydrogen-bond donors (Lipinski definition) is 1. The van der Waals surface area contributed by atoms with Crippen LogP contribution >= 0.6 is 23.2 Å². The van der Waals surface area contributed by atoms with Gasteiger partial charge in [-0.15, -0.1) is 0 Å². The van der Waals surface area contributed by atoms with Gasteiger partial charge < -0.3 is 15.0 Å². The van der Waals surface area contributed by atoms with Crippen molar-refractivity contribution in [3.63, 3.8) is 0 Å². The average molecular weight is 485 g/mol. The van der Waals surface area contributed by atoms with Gasteiger partial charge in [-0.3, -0.25) is 9.59 Å². The molecule has 7 heteroatoms. The molecule has 0 unspecified atom stereocenters. The largest absolute Gasteiger partial charge is 0.497 e. The molecule has 1 atom stereocenters. The van der Waals surface area contributed by atoms with E-state index in [-0.39, 0.29) is 24.8 Å². The first-order valence-corrected chi connectivity index (χ1v) is 11.3. The molecule has 0 saturated carbocycles. The minimum absolute atomic E-state index is 0.135. The second-order valence-corrected chi connectivity index (χ2v) is 8.51. The number of hydrogen-bond acceptors (Lipinski definition) is 3. The fraction of sp³-hybridized carbons (Fsp3) is 0.231. The Kier molecular flexibility index (Phi) is 8.75. The van der Waals surface area contributed by atoms with Gasteiger partial charge in [0.25, 0.3) is 0 Å². The van der Waals surface area contributed by atoms with E-state index in [0.29, 0.717) is 16.6 Å². The summed E-state index contributed by atoms with van der Waals surface area (Å²) in [6, 6.07) is 21.4. The Morgan fingerprint density at radius 3 is 2.30 bits per heavy atom. The minimum atomic E-state index is -0.686. The summed E-state index contributed by atoms with van der Waals surface area (Å²) in [4.78, 5) is 27.8. The number of halogens is 2. The van der Waals surface area contributed by atoms with Crippen LogP contribution in [0, 0.1) is 0 Å². The molecule has 3 aromatic carbocycles. The van der Waals surface area contributed by atoms with Crippen LogP contribution in [0.4, 0.5) is 0 Å². The lowest BCUT2D eigenvalue weighted by molar-refractivity contribution is -0.140. The molecule has 0 fully saturated rings. The molecular weight excluding hydrogens is 459 g/mol. The third-order valence-corrected chi connectivity index (χ3v) is 5.93. The normalized spacial score (nSPS) is 11.5. The maximum absolute atomic E-state index is 13.2. The van der Waals surface area contributed by atoms with Crippen molar-refractivity contribution >= 4 is 35.0 Å². The predicted molar refractivity (Wildman–Crippen MR) is 131 cm³/mol. The van der Waals surface area contributed by atoms with Crippen molar-refractivity contribution in [3.05, 3.63) is 99.5 Å². The van der Waals surface area contributed by atoms with Crippen molar-refractivity contribution in [2.75, 3.05) is 7.11 Å². The number of carbonyl (C=O) groups excluding carboxylic acids is 2. The van der Waals surface area contributed by atoms with E-state index in [4.69, 9.17) is 27.9 Å². The maximum Gasteiger partial charge on any atom is 0.242 e. The molecule has 0 heterocycles. The summed E-state index contributed by atoms with van der Waals surface area (Å²) in [5, 5.41) is 3.89. The SMILES string of the molecule is COc1ccc(CN(C(=O)Cc2ccccc2)[C@H](C)C(=O)NCc2ccc(Cl)cc2Cl)cc1. The number of nitrogens with zero attached hydrogens (tertiary/aromatic N) is 1. The standard InChI is InChI=1S/C26H26Cl2N2O3/c1-18(26(32)29-16-21-10-11-22(27)15-24(21)28)30(17-20-8-12-23(33-2)13-9-20)25(31)14-19-6-4-3-5-7-19/h3-13,15,18H,14,16-17H2,1-2H3,(H,29,32)/t18-/m1/s1. The van der Waals surface area contributed by atoms with Gasteiger partial charge in [0.1, 0.15) is 11.8 Å². The van der Waals surface area contributed by atoms with E-state index in [1.807, 2.05) is 54.6 Å². The summed E-state index contributed by atoms with van der Waals surface area (Å²) in [6.45, 7) is 2.26. The van der Waals surface area contributed by atoms with Gasteiger partial charge in [0.15, 0.2) is 0 Å². The van der Waals surface area contributed by atoms with Gasteiger partial charge in [-0.1, -0.05) is 71.7 Å². The second-order valence-electron chi connectivity index (χ2n) is 7.66. The Hall–Kier alpha value is -3.02. The number of ether oxygens (including phenoxy) is 1. The molecule has 172 valence electrons. The molecule has 3 aromatic rings. The summed E-state index contributed by atoms with van der Waals surface area (Å²) >= 11 is 12.2. The molecule has 2 amide bonds. The average Bonchev–Trinajstić information content (AvgIpc) is 2.82. The van der Waals surface area contributed by atoms with Gasteiger partial charge in [-0.05, 0) is 47.9 Å². The van der Waals surface area contributed by atoms with Crippen LogP contribution in [-0.2, 0) is 29.1 Å². The van der Waals surface area contributed by atoms with Crippen molar-refractivity contribution in [2.24, 2.45) is 0 Å². The van der Waals surface area contributed by atoms with Gasteiger partial charge in [-0.25, -0.2) is 0 Å². The van der Waals surface area contributed by atoms with Crippen LogP contribution in [0.15, 0.2) is 72.8 Å². The number of benzene rings is 3. The van der Waals surface area contributed by atoms with E-state index in [0.717, 1.165) is 22.4 Å². The van der Waals surface area contributed by atoms with Crippen molar-refractivity contribution in [1.82, 2.24) is 10.2 Å². The van der Waals surface area contributed by atoms with E-state index in [9.17, 15) is 9.59 Å². The first kappa shape index (κ1) is 24.6. The van der Waals surface area contributed by atoms with Crippen LogP contribution in [0.3, 0.4) is 0 Å². The molecule has 0 saturated heterocycles. The molecule has 33 heavy (non-hydrogen) atoms. The van der Waals surface area contributed by atoms with E-state index in [1.54, 1.807) is 37.1 Å². The lowest BCUT2D eigenvalue weighted by atomic mass is 10.1. The molecule has 0 aliphatic heterocycles. The van der Waals surface area contributed by atoms with Crippen molar-refractivity contribution in [2.45, 2.75) is 32.5 Å². The van der Waals surface area contributed by atoms with Crippen molar-refractivity contribution < 1.29 is 14.3 Å². The van der Waals surface area contributed by atoms with E-state index in [1.165, 1.54) is 0 Å². The van der Waals surface area contributed by atoms with Crippen molar-refractivity contribution in [1.29, 1.82) is 0 Å². The highest BCUT2D eigenvalue weighted by atomic mass is 35.5. The lowest BCUT2D eigenvalue weighted by Crippen LogP contribution is -2.48. The Labute approximate surface area is 204 Å². The predicted octanol–water partition coefficient (Wildman–Crippen LogP) is 5.28. The van der Waals surface area contributed by atoms with Crippen LogP contribution in [-0.4, -0.2) is 29.9 Å². The molecule has 0 radical (unpaired) electrons. The Morgan fingerprint density at radius 2 is 1.67 bits per heavy atom. The van der Waals surface area contributed by atoms with Crippen LogP contribution in [0.1, 0.15) is 23.6 Å². The molecule has 0 aromatic heterocycles. The molecule has 1 N–H and O–H groups in total. The zero-order chi connectivity index (χ0) is 23.8. The number of rotatable bonds is 9. The van der Waals surface area contributed by atoms with Crippen LogP contribution < -0.4 is 10.1 Å². The Bertz CT molecular complexity index is 1090. The minimum Gasteiger partial charge on any atom is -0.497 e. The summed E-state index contributed by atoms with van der Waals surface area (Å²) in [6.07, 6.45) is 0.206. The van der Waals surface area contributed by atoms with E-state index in [2.05, 4.69) is 5.32 Å². The lowest BCUT2D eigenvalue weighted by Gasteiger charge is -2.29. The second kappa shape index (κ2) is 11.7. The molecule has 5 nitrogen and oxygen atoms in total. The molecule has 0 spiro atoms. The zero-order valence-electron chi connectivity index (χ0n) is 18.6. The van der Waals surface area contributed by atoms with Crippen LogP contribution in [0.2, 0.25) is 10.0 Å². The monoisotopic (exact) mass is 484 g/mol. The van der Waals surface area contributed by atoms with Gasteiger partial charge >= 0.3 is 0 Å². The Balaban J connectivity index is 1.75.